The Hall–Kier alpha value is -2.07. The summed E-state index contributed by atoms with van der Waals surface area (Å²) in [6.07, 6.45) is -7.76. The number of ether oxygens (including phenoxy) is 2. The first-order valence-electron chi connectivity index (χ1n) is 10.7. The zero-order valence-electron chi connectivity index (χ0n) is 19.1. The number of nitrogens with two attached hydrogens (primary N) is 1. The summed E-state index contributed by atoms with van der Waals surface area (Å²) in [6.45, 7) is 1.48. The molecule has 4 N–H and O–H groups in total. The standard InChI is InChI=1S/C23H27F6NO3.H3OP/c1-2-21(30,15-31)11-10-17-8-9-20(19(14-17)22(24,25)26)32-12-4-6-16-5-3-7-18(13-16)33-23(27,28)29;1-2/h3,5,7-9,13-14,31H,2,4,6,10-12,15,30H2,1H3;1H,2H2. The number of alkyl halides is 6. The Labute approximate surface area is 202 Å². The lowest BCUT2D eigenvalue weighted by molar-refractivity contribution is -0.274. The van der Waals surface area contributed by atoms with Crippen molar-refractivity contribution in [1.82, 2.24) is 0 Å². The topological polar surface area (TPSA) is 84.9 Å². The van der Waals surface area contributed by atoms with E-state index in [9.17, 15) is 31.4 Å². The summed E-state index contributed by atoms with van der Waals surface area (Å²) in [5, 5.41) is 9.38. The summed E-state index contributed by atoms with van der Waals surface area (Å²) in [5.74, 6) is -0.682. The van der Waals surface area contributed by atoms with Crippen LogP contribution in [0.4, 0.5) is 26.3 Å². The third-order valence-corrected chi connectivity index (χ3v) is 5.28. The maximum Gasteiger partial charge on any atom is 0.573 e. The molecule has 2 unspecified atom stereocenters. The van der Waals surface area contributed by atoms with E-state index in [1.54, 1.807) is 13.0 Å². The van der Waals surface area contributed by atoms with Gasteiger partial charge >= 0.3 is 12.5 Å². The number of rotatable bonds is 11. The van der Waals surface area contributed by atoms with Crippen molar-refractivity contribution in [3.05, 3.63) is 59.2 Å². The molecule has 198 valence electrons. The molecule has 2 aromatic rings. The van der Waals surface area contributed by atoms with Crippen molar-refractivity contribution in [3.8, 4) is 11.5 Å². The number of hydrogen-bond acceptors (Lipinski definition) is 5. The number of aliphatic hydroxyl groups is 1. The van der Waals surface area contributed by atoms with Crippen LogP contribution in [-0.2, 0) is 19.0 Å². The first kappa shape index (κ1) is 31.0. The molecule has 0 bridgehead atoms. The molecule has 0 aliphatic heterocycles. The summed E-state index contributed by atoms with van der Waals surface area (Å²) in [4.78, 5) is 6.92. The SMILES string of the molecule is CCC(N)(CO)CCc1ccc(OCCCc2cccc(OC(F)(F)F)c2)c(C(F)(F)F)c1.OP. The Morgan fingerprint density at radius 1 is 0.943 bits per heavy atom. The van der Waals surface area contributed by atoms with Gasteiger partial charge in [0.1, 0.15) is 11.5 Å². The largest absolute Gasteiger partial charge is 0.573 e. The Morgan fingerprint density at radius 2 is 1.60 bits per heavy atom. The van der Waals surface area contributed by atoms with Gasteiger partial charge in [-0.15, -0.1) is 13.2 Å². The van der Waals surface area contributed by atoms with E-state index in [0.717, 1.165) is 6.07 Å². The van der Waals surface area contributed by atoms with Crippen molar-refractivity contribution in [2.45, 2.75) is 57.1 Å². The van der Waals surface area contributed by atoms with Gasteiger partial charge in [-0.25, -0.2) is 0 Å². The summed E-state index contributed by atoms with van der Waals surface area (Å²) >= 11 is 0. The first-order chi connectivity index (χ1) is 16.3. The fraction of sp³-hybridized carbons (Fsp3) is 0.478. The molecule has 2 rings (SSSR count). The van der Waals surface area contributed by atoms with Crippen LogP contribution in [0.25, 0.3) is 0 Å². The van der Waals surface area contributed by atoms with Crippen LogP contribution in [0.3, 0.4) is 0 Å². The van der Waals surface area contributed by atoms with Crippen molar-refractivity contribution in [1.29, 1.82) is 0 Å². The normalized spacial score (nSPS) is 13.5. The zero-order valence-corrected chi connectivity index (χ0v) is 20.3. The average Bonchev–Trinajstić information content (AvgIpc) is 2.80. The van der Waals surface area contributed by atoms with E-state index in [0.29, 0.717) is 30.4 Å². The van der Waals surface area contributed by atoms with E-state index in [1.165, 1.54) is 39.8 Å². The summed E-state index contributed by atoms with van der Waals surface area (Å²) < 4.78 is 86.8. The minimum Gasteiger partial charge on any atom is -0.493 e. The van der Waals surface area contributed by atoms with Crippen LogP contribution in [0, 0.1) is 0 Å². The zero-order chi connectivity index (χ0) is 26.7. The molecule has 35 heavy (non-hydrogen) atoms. The summed E-state index contributed by atoms with van der Waals surface area (Å²) in [6, 6.07) is 9.18. The highest BCUT2D eigenvalue weighted by Gasteiger charge is 2.35. The Kier molecular flexibility index (Phi) is 12.3. The van der Waals surface area contributed by atoms with Crippen molar-refractivity contribution >= 4 is 9.47 Å². The maximum atomic E-state index is 13.5. The second-order valence-corrected chi connectivity index (χ2v) is 7.85. The molecule has 0 spiro atoms. The van der Waals surface area contributed by atoms with Crippen molar-refractivity contribution in [3.63, 3.8) is 0 Å². The molecule has 0 amide bonds. The average molecular weight is 529 g/mol. The van der Waals surface area contributed by atoms with Crippen molar-refractivity contribution in [2.75, 3.05) is 13.2 Å². The van der Waals surface area contributed by atoms with Gasteiger partial charge in [0, 0.05) is 5.54 Å². The minimum atomic E-state index is -4.80. The van der Waals surface area contributed by atoms with Gasteiger partial charge in [0.15, 0.2) is 0 Å². The van der Waals surface area contributed by atoms with Gasteiger partial charge in [-0.1, -0.05) is 25.1 Å². The number of halogens is 6. The van der Waals surface area contributed by atoms with E-state index in [2.05, 4.69) is 4.74 Å². The van der Waals surface area contributed by atoms with Crippen LogP contribution in [0.2, 0.25) is 0 Å². The Morgan fingerprint density at radius 3 is 2.17 bits per heavy atom. The third kappa shape index (κ3) is 11.0. The number of hydrogen-bond donors (Lipinski definition) is 3. The maximum absolute atomic E-state index is 13.5. The predicted octanol–water partition coefficient (Wildman–Crippen LogP) is 5.42. The Bertz CT molecular complexity index is 904. The summed E-state index contributed by atoms with van der Waals surface area (Å²) in [7, 11) is 1.42. The molecule has 12 heteroatoms. The Balaban J connectivity index is 0.00000298. The fourth-order valence-electron chi connectivity index (χ4n) is 3.20. The van der Waals surface area contributed by atoms with Crippen molar-refractivity contribution in [2.24, 2.45) is 5.73 Å². The fourth-order valence-corrected chi connectivity index (χ4v) is 3.20. The predicted molar refractivity (Wildman–Crippen MR) is 123 cm³/mol. The van der Waals surface area contributed by atoms with Crippen LogP contribution >= 0.6 is 9.47 Å². The molecule has 2 aromatic carbocycles. The molecular formula is C23H30F6NO4P. The number of aliphatic hydroxyl groups excluding tert-OH is 1. The van der Waals surface area contributed by atoms with E-state index in [1.807, 2.05) is 0 Å². The molecule has 2 atom stereocenters. The lowest BCUT2D eigenvalue weighted by Gasteiger charge is -2.25. The van der Waals surface area contributed by atoms with Crippen LogP contribution in [-0.4, -0.2) is 35.1 Å². The summed E-state index contributed by atoms with van der Waals surface area (Å²) in [5.41, 5.74) is 5.20. The highest BCUT2D eigenvalue weighted by Crippen LogP contribution is 2.37. The number of aryl methyl sites for hydroxylation is 2. The van der Waals surface area contributed by atoms with Gasteiger partial charge in [-0.2, -0.15) is 13.2 Å². The van der Waals surface area contributed by atoms with Crippen molar-refractivity contribution < 1.29 is 45.8 Å². The quantitative estimate of drug-likeness (QED) is 0.206. The number of benzene rings is 2. The van der Waals surface area contributed by atoms with Gasteiger partial charge in [0.25, 0.3) is 0 Å². The van der Waals surface area contributed by atoms with Gasteiger partial charge in [-0.3, -0.25) is 0 Å². The van der Waals surface area contributed by atoms with E-state index in [4.69, 9.17) is 15.4 Å². The minimum absolute atomic E-state index is 0.0565. The van der Waals surface area contributed by atoms with E-state index < -0.39 is 23.6 Å². The molecule has 0 saturated carbocycles. The molecule has 0 saturated heterocycles. The lowest BCUT2D eigenvalue weighted by Crippen LogP contribution is -2.43. The van der Waals surface area contributed by atoms with Crippen LogP contribution < -0.4 is 15.2 Å². The monoisotopic (exact) mass is 529 g/mol. The van der Waals surface area contributed by atoms with E-state index in [-0.39, 0.29) is 37.6 Å². The molecule has 0 aliphatic carbocycles. The van der Waals surface area contributed by atoms with Gasteiger partial charge in [0.2, 0.25) is 0 Å². The third-order valence-electron chi connectivity index (χ3n) is 5.28. The van der Waals surface area contributed by atoms with Gasteiger partial charge in [-0.05, 0) is 77.0 Å². The highest BCUT2D eigenvalue weighted by atomic mass is 31.0. The van der Waals surface area contributed by atoms with Gasteiger partial charge < -0.3 is 25.2 Å². The highest BCUT2D eigenvalue weighted by molar-refractivity contribution is 7.08. The van der Waals surface area contributed by atoms with Crippen LogP contribution in [0.1, 0.15) is 42.9 Å². The second-order valence-electron chi connectivity index (χ2n) is 7.85. The molecule has 0 radical (unpaired) electrons. The van der Waals surface area contributed by atoms with Crippen LogP contribution in [0.15, 0.2) is 42.5 Å². The smallest absolute Gasteiger partial charge is 0.493 e. The molecule has 0 aliphatic rings. The molecule has 0 aromatic heterocycles. The van der Waals surface area contributed by atoms with Crippen LogP contribution in [0.5, 0.6) is 11.5 Å². The molecular weight excluding hydrogens is 499 g/mol. The molecule has 5 nitrogen and oxygen atoms in total. The van der Waals surface area contributed by atoms with E-state index >= 15 is 0 Å². The second kappa shape index (κ2) is 13.9. The van der Waals surface area contributed by atoms with Gasteiger partial charge in [0.05, 0.1) is 18.8 Å². The molecule has 0 fully saturated rings. The first-order valence-corrected chi connectivity index (χ1v) is 11.2. The molecule has 0 heterocycles. The lowest BCUT2D eigenvalue weighted by atomic mass is 9.90.